The van der Waals surface area contributed by atoms with E-state index in [1.807, 2.05) is 6.92 Å². The third-order valence-electron chi connectivity index (χ3n) is 8.35. The van der Waals surface area contributed by atoms with Crippen LogP contribution in [0, 0.1) is 11.6 Å². The fourth-order valence-electron chi connectivity index (χ4n) is 5.16. The zero-order valence-electron chi connectivity index (χ0n) is 29.9. The van der Waals surface area contributed by atoms with E-state index in [-0.39, 0.29) is 24.9 Å². The highest BCUT2D eigenvalue weighted by Crippen LogP contribution is 2.46. The highest BCUT2D eigenvalue weighted by atomic mass is 19.4. The normalized spacial score (nSPS) is 12.7. The second kappa shape index (κ2) is 20.4. The number of rotatable bonds is 22. The van der Waals surface area contributed by atoms with Gasteiger partial charge < -0.3 is 18.9 Å². The van der Waals surface area contributed by atoms with Gasteiger partial charge in [-0.1, -0.05) is 69.7 Å². The molecule has 6 nitrogen and oxygen atoms in total. The van der Waals surface area contributed by atoms with Gasteiger partial charge in [-0.2, -0.15) is 35.1 Å². The van der Waals surface area contributed by atoms with E-state index in [1.54, 1.807) is 36.4 Å². The van der Waals surface area contributed by atoms with Gasteiger partial charge in [0.2, 0.25) is 5.82 Å². The van der Waals surface area contributed by atoms with E-state index >= 15 is 0 Å². The maximum Gasteiger partial charge on any atom is 0.459 e. The summed E-state index contributed by atoms with van der Waals surface area (Å²) >= 11 is 0. The monoisotopic (exact) mass is 778 g/mol. The molecule has 0 aliphatic heterocycles. The molecule has 0 radical (unpaired) electrons. The minimum atomic E-state index is -6.41. The van der Waals surface area contributed by atoms with Crippen molar-refractivity contribution in [2.45, 2.75) is 102 Å². The topological polar surface area (TPSA) is 71.1 Å². The molecule has 0 amide bonds. The Bertz CT molecular complexity index is 1630. The lowest BCUT2D eigenvalue weighted by Gasteiger charge is -2.27. The largest absolute Gasteiger partial charge is 0.490 e. The first kappa shape index (κ1) is 44.1. The molecule has 0 aliphatic carbocycles. The Morgan fingerprint density at radius 2 is 1.24 bits per heavy atom. The second-order valence-electron chi connectivity index (χ2n) is 12.7. The number of alkyl halides is 7. The second-order valence-corrected chi connectivity index (χ2v) is 12.7. The summed E-state index contributed by atoms with van der Waals surface area (Å²) in [5.74, 6) is -16.4. The standard InChI is InChI=1S/C39H43F9O6/c1-3-4-5-9-12-26(2)53-35(49)29-15-13-27(14-16-29)28-17-19-30(20-18-28)54-36(50)31-21-22-32(34(41)33(31)40)52-24-11-8-6-7-10-23-51-25-37(42,43)38(44,45)39(46,47)48/h13-22,26H,3-12,23-25H2,1-2H3. The van der Waals surface area contributed by atoms with Gasteiger partial charge in [0.25, 0.3) is 0 Å². The molecule has 0 saturated carbocycles. The highest BCUT2D eigenvalue weighted by molar-refractivity contribution is 5.92. The lowest BCUT2D eigenvalue weighted by Crippen LogP contribution is -2.54. The van der Waals surface area contributed by atoms with Crippen LogP contribution in [0.5, 0.6) is 11.5 Å². The van der Waals surface area contributed by atoms with Crippen LogP contribution in [0.1, 0.15) is 98.8 Å². The summed E-state index contributed by atoms with van der Waals surface area (Å²) in [5, 5.41) is 0. The Kier molecular flexibility index (Phi) is 16.7. The average molecular weight is 779 g/mol. The van der Waals surface area contributed by atoms with Gasteiger partial charge in [-0.15, -0.1) is 0 Å². The van der Waals surface area contributed by atoms with Gasteiger partial charge in [-0.25, -0.2) is 14.0 Å². The van der Waals surface area contributed by atoms with E-state index < -0.39 is 66.1 Å². The number of hydrogen-bond acceptors (Lipinski definition) is 6. The van der Waals surface area contributed by atoms with Crippen molar-refractivity contribution < 1.29 is 68.1 Å². The summed E-state index contributed by atoms with van der Waals surface area (Å²) in [6, 6.07) is 15.2. The molecule has 0 bridgehead atoms. The molecule has 0 aliphatic rings. The van der Waals surface area contributed by atoms with E-state index in [4.69, 9.17) is 14.2 Å². The Balaban J connectivity index is 1.39. The molecule has 0 aromatic heterocycles. The lowest BCUT2D eigenvalue weighted by molar-refractivity contribution is -0.361. The number of ether oxygens (including phenoxy) is 4. The highest BCUT2D eigenvalue weighted by Gasteiger charge is 2.73. The summed E-state index contributed by atoms with van der Waals surface area (Å²) in [4.78, 5) is 25.2. The number of hydrogen-bond donors (Lipinski definition) is 0. The molecule has 3 aromatic rings. The fourth-order valence-corrected chi connectivity index (χ4v) is 5.16. The van der Waals surface area contributed by atoms with Crippen LogP contribution < -0.4 is 9.47 Å². The molecule has 3 rings (SSSR count). The number of halogens is 9. The maximum absolute atomic E-state index is 14.8. The molecule has 0 spiro atoms. The van der Waals surface area contributed by atoms with Crippen LogP contribution >= 0.6 is 0 Å². The Hall–Kier alpha value is -4.27. The van der Waals surface area contributed by atoms with Gasteiger partial charge in [0.1, 0.15) is 12.4 Å². The molecular formula is C39H43F9O6. The molecule has 54 heavy (non-hydrogen) atoms. The number of unbranched alkanes of at least 4 members (excludes halogenated alkanes) is 7. The van der Waals surface area contributed by atoms with E-state index in [2.05, 4.69) is 11.7 Å². The van der Waals surface area contributed by atoms with Crippen LogP contribution in [0.25, 0.3) is 11.1 Å². The van der Waals surface area contributed by atoms with Crippen LogP contribution in [-0.4, -0.2) is 55.9 Å². The van der Waals surface area contributed by atoms with Gasteiger partial charge in [-0.05, 0) is 80.1 Å². The predicted octanol–water partition coefficient (Wildman–Crippen LogP) is 11.5. The maximum atomic E-state index is 14.8. The van der Waals surface area contributed by atoms with Crippen molar-refractivity contribution in [3.63, 3.8) is 0 Å². The van der Waals surface area contributed by atoms with Crippen molar-refractivity contribution in [2.75, 3.05) is 19.8 Å². The third kappa shape index (κ3) is 12.7. The van der Waals surface area contributed by atoms with E-state index in [1.165, 1.54) is 12.1 Å². The SMILES string of the molecule is CCCCCCC(C)OC(=O)c1ccc(-c2ccc(OC(=O)c3ccc(OCCCCCCCOCC(F)(F)C(F)(F)C(F)(F)F)c(F)c3F)cc2)cc1. The minimum absolute atomic E-state index is 0.0487. The smallest absolute Gasteiger partial charge is 0.459 e. The Morgan fingerprint density at radius 3 is 1.85 bits per heavy atom. The Labute approximate surface area is 307 Å². The van der Waals surface area contributed by atoms with Gasteiger partial charge in [0.15, 0.2) is 11.6 Å². The summed E-state index contributed by atoms with van der Waals surface area (Å²) in [5.41, 5.74) is 1.27. The number of esters is 2. The van der Waals surface area contributed by atoms with Crippen LogP contribution in [0.3, 0.4) is 0 Å². The van der Waals surface area contributed by atoms with E-state index in [0.717, 1.165) is 55.4 Å². The first-order chi connectivity index (χ1) is 25.5. The zero-order valence-corrected chi connectivity index (χ0v) is 29.9. The van der Waals surface area contributed by atoms with E-state index in [0.29, 0.717) is 31.2 Å². The molecule has 298 valence electrons. The summed E-state index contributed by atoms with van der Waals surface area (Å²) in [7, 11) is 0. The number of benzene rings is 3. The zero-order chi connectivity index (χ0) is 39.9. The van der Waals surface area contributed by atoms with Crippen LogP contribution in [0.2, 0.25) is 0 Å². The molecule has 0 saturated heterocycles. The molecule has 0 fully saturated rings. The summed E-state index contributed by atoms with van der Waals surface area (Å²) < 4.78 is 138. The lowest BCUT2D eigenvalue weighted by atomic mass is 10.0. The first-order valence-corrected chi connectivity index (χ1v) is 17.6. The Morgan fingerprint density at radius 1 is 0.667 bits per heavy atom. The van der Waals surface area contributed by atoms with Crippen molar-refractivity contribution in [3.05, 3.63) is 83.4 Å². The van der Waals surface area contributed by atoms with Gasteiger partial charge in [0.05, 0.1) is 23.8 Å². The summed E-state index contributed by atoms with van der Waals surface area (Å²) in [6.07, 6.45) is 0.364. The minimum Gasteiger partial charge on any atom is -0.490 e. The van der Waals surface area contributed by atoms with Crippen molar-refractivity contribution in [2.24, 2.45) is 0 Å². The number of carbonyl (C=O) groups is 2. The van der Waals surface area contributed by atoms with E-state index in [9.17, 15) is 49.1 Å². The molecule has 1 atom stereocenters. The summed E-state index contributed by atoms with van der Waals surface area (Å²) in [6.45, 7) is 1.41. The molecular weight excluding hydrogens is 735 g/mol. The van der Waals surface area contributed by atoms with Crippen molar-refractivity contribution >= 4 is 11.9 Å². The molecule has 0 heterocycles. The molecule has 15 heteroatoms. The fraction of sp³-hybridized carbons (Fsp3) is 0.487. The van der Waals surface area contributed by atoms with Gasteiger partial charge in [-0.3, -0.25) is 0 Å². The average Bonchev–Trinajstić information content (AvgIpc) is 3.12. The molecule has 3 aromatic carbocycles. The molecule has 1 unspecified atom stereocenters. The number of carbonyl (C=O) groups excluding carboxylic acids is 2. The predicted molar refractivity (Wildman–Crippen MR) is 182 cm³/mol. The van der Waals surface area contributed by atoms with Gasteiger partial charge >= 0.3 is 30.0 Å². The third-order valence-corrected chi connectivity index (χ3v) is 8.35. The van der Waals surface area contributed by atoms with Gasteiger partial charge in [0, 0.05) is 6.61 Å². The quantitative estimate of drug-likeness (QED) is 0.0438. The van der Waals surface area contributed by atoms with Crippen molar-refractivity contribution in [1.82, 2.24) is 0 Å². The van der Waals surface area contributed by atoms with Crippen molar-refractivity contribution in [1.29, 1.82) is 0 Å². The van der Waals surface area contributed by atoms with Crippen LogP contribution in [-0.2, 0) is 9.47 Å². The van der Waals surface area contributed by atoms with Crippen LogP contribution in [0.15, 0.2) is 60.7 Å². The van der Waals surface area contributed by atoms with Crippen molar-refractivity contribution in [3.8, 4) is 22.6 Å². The molecule has 0 N–H and O–H groups in total. The van der Waals surface area contributed by atoms with Crippen LogP contribution in [0.4, 0.5) is 39.5 Å². The first-order valence-electron chi connectivity index (χ1n) is 17.6.